The minimum atomic E-state index is -2.27. The fourth-order valence-corrected chi connectivity index (χ4v) is 2.48. The van der Waals surface area contributed by atoms with Gasteiger partial charge in [0.25, 0.3) is 11.3 Å². The lowest BCUT2D eigenvalue weighted by atomic mass is 10.1. The Morgan fingerprint density at radius 2 is 2.09 bits per heavy atom. The molecule has 2 rings (SSSR count). The molecule has 1 unspecified atom stereocenters. The summed E-state index contributed by atoms with van der Waals surface area (Å²) in [6.45, 7) is 1.39. The van der Waals surface area contributed by atoms with E-state index in [0.717, 1.165) is 6.07 Å². The number of ether oxygens (including phenoxy) is 1. The molecule has 2 aromatic carbocycles. The summed E-state index contributed by atoms with van der Waals surface area (Å²) in [5.41, 5.74) is 1.26. The minimum absolute atomic E-state index is 0.0218. The van der Waals surface area contributed by atoms with Gasteiger partial charge in [0.15, 0.2) is 5.78 Å². The van der Waals surface area contributed by atoms with E-state index in [9.17, 15) is 13.4 Å². The molecule has 0 saturated heterocycles. The highest BCUT2D eigenvalue weighted by Gasteiger charge is 2.10. The van der Waals surface area contributed by atoms with Crippen LogP contribution in [-0.4, -0.2) is 14.5 Å². The number of hydrogen-bond acceptors (Lipinski definition) is 3. The Kier molecular flexibility index (Phi) is 5.70. The molecule has 0 aliphatic carbocycles. The van der Waals surface area contributed by atoms with Gasteiger partial charge in [-0.25, -0.2) is 8.60 Å². The molecule has 0 aliphatic heterocycles. The van der Waals surface area contributed by atoms with Crippen molar-refractivity contribution in [1.82, 2.24) is 0 Å². The van der Waals surface area contributed by atoms with Crippen LogP contribution in [-0.2, 0) is 17.9 Å². The number of ketones is 1. The molecular formula is C15H13ClFNO4S. The molecule has 0 aromatic heterocycles. The number of Topliss-reactive ketones (excluding diaryl/α,β-unsaturated/α-hetero) is 1. The Hall–Kier alpha value is -1.96. The smallest absolute Gasteiger partial charge is 0.259 e. The van der Waals surface area contributed by atoms with E-state index in [1.807, 2.05) is 0 Å². The second-order valence-corrected chi connectivity index (χ2v) is 5.75. The number of carbonyl (C=O) groups excluding carboxylic acids is 1. The van der Waals surface area contributed by atoms with Gasteiger partial charge < -0.3 is 4.74 Å². The number of carbonyl (C=O) groups is 1. The zero-order chi connectivity index (χ0) is 17.0. The summed E-state index contributed by atoms with van der Waals surface area (Å²) in [7, 11) is 0. The van der Waals surface area contributed by atoms with E-state index in [1.165, 1.54) is 31.2 Å². The van der Waals surface area contributed by atoms with E-state index in [2.05, 4.69) is 4.72 Å². The van der Waals surface area contributed by atoms with Crippen LogP contribution < -0.4 is 9.46 Å². The Morgan fingerprint density at radius 3 is 2.70 bits per heavy atom. The second kappa shape index (κ2) is 7.54. The fourth-order valence-electron chi connectivity index (χ4n) is 1.87. The summed E-state index contributed by atoms with van der Waals surface area (Å²) in [6, 6.07) is 8.29. The normalized spacial score (nSPS) is 11.8. The van der Waals surface area contributed by atoms with E-state index < -0.39 is 17.1 Å². The van der Waals surface area contributed by atoms with Gasteiger partial charge in [-0.05, 0) is 43.3 Å². The van der Waals surface area contributed by atoms with Crippen molar-refractivity contribution >= 4 is 34.3 Å². The average molecular weight is 358 g/mol. The summed E-state index contributed by atoms with van der Waals surface area (Å²) < 4.78 is 40.8. The van der Waals surface area contributed by atoms with Crippen LogP contribution in [0, 0.1) is 5.82 Å². The second-order valence-electron chi connectivity index (χ2n) is 4.64. The molecule has 0 saturated carbocycles. The van der Waals surface area contributed by atoms with Crippen LogP contribution in [0.3, 0.4) is 0 Å². The van der Waals surface area contributed by atoms with Gasteiger partial charge in [0.1, 0.15) is 18.2 Å². The van der Waals surface area contributed by atoms with E-state index in [1.54, 1.807) is 6.07 Å². The standard InChI is InChI=1S/C15H13ClFNO4S/c1-9(19)10-2-4-14(18-23(20)21)11(6-10)8-22-15-5-3-12(17)7-13(15)16/h2-7,18H,8H2,1H3,(H,20,21). The molecule has 5 nitrogen and oxygen atoms in total. The van der Waals surface area contributed by atoms with Gasteiger partial charge in [0.05, 0.1) is 10.7 Å². The van der Waals surface area contributed by atoms with Gasteiger partial charge in [-0.1, -0.05) is 11.6 Å². The fraction of sp³-hybridized carbons (Fsp3) is 0.133. The van der Waals surface area contributed by atoms with Gasteiger partial charge >= 0.3 is 0 Å². The van der Waals surface area contributed by atoms with Crippen molar-refractivity contribution in [2.75, 3.05) is 4.72 Å². The largest absolute Gasteiger partial charge is 0.487 e. The number of benzene rings is 2. The van der Waals surface area contributed by atoms with Crippen molar-refractivity contribution in [3.8, 4) is 5.75 Å². The van der Waals surface area contributed by atoms with Crippen molar-refractivity contribution in [2.24, 2.45) is 0 Å². The lowest BCUT2D eigenvalue weighted by Crippen LogP contribution is -2.08. The first-order valence-electron chi connectivity index (χ1n) is 6.46. The number of anilines is 1. The van der Waals surface area contributed by atoms with Crippen LogP contribution in [0.15, 0.2) is 36.4 Å². The topological polar surface area (TPSA) is 75.6 Å². The van der Waals surface area contributed by atoms with Crippen molar-refractivity contribution in [3.63, 3.8) is 0 Å². The van der Waals surface area contributed by atoms with E-state index in [0.29, 0.717) is 16.8 Å². The molecule has 0 fully saturated rings. The van der Waals surface area contributed by atoms with Crippen LogP contribution >= 0.6 is 11.6 Å². The van der Waals surface area contributed by atoms with Gasteiger partial charge in [0, 0.05) is 11.1 Å². The van der Waals surface area contributed by atoms with Crippen LogP contribution in [0.5, 0.6) is 5.75 Å². The molecule has 23 heavy (non-hydrogen) atoms. The van der Waals surface area contributed by atoms with Crippen LogP contribution in [0.4, 0.5) is 10.1 Å². The molecular weight excluding hydrogens is 345 g/mol. The molecule has 0 radical (unpaired) electrons. The number of rotatable bonds is 6. The van der Waals surface area contributed by atoms with Crippen molar-refractivity contribution in [3.05, 3.63) is 58.4 Å². The van der Waals surface area contributed by atoms with E-state index in [4.69, 9.17) is 20.9 Å². The highest BCUT2D eigenvalue weighted by Crippen LogP contribution is 2.27. The van der Waals surface area contributed by atoms with Crippen molar-refractivity contribution < 1.29 is 22.7 Å². The predicted octanol–water partition coefficient (Wildman–Crippen LogP) is 3.81. The Morgan fingerprint density at radius 1 is 1.35 bits per heavy atom. The molecule has 0 spiro atoms. The first kappa shape index (κ1) is 17.4. The zero-order valence-corrected chi connectivity index (χ0v) is 13.6. The van der Waals surface area contributed by atoms with E-state index >= 15 is 0 Å². The Balaban J connectivity index is 2.26. The van der Waals surface area contributed by atoms with Gasteiger partial charge in [0.2, 0.25) is 0 Å². The highest BCUT2D eigenvalue weighted by molar-refractivity contribution is 7.80. The highest BCUT2D eigenvalue weighted by atomic mass is 35.5. The number of nitrogens with one attached hydrogen (secondary N) is 1. The third-order valence-corrected chi connectivity index (χ3v) is 3.68. The maximum atomic E-state index is 13.0. The zero-order valence-electron chi connectivity index (χ0n) is 12.0. The molecule has 1 atom stereocenters. The monoisotopic (exact) mass is 357 g/mol. The van der Waals surface area contributed by atoms with E-state index in [-0.39, 0.29) is 23.2 Å². The quantitative estimate of drug-likeness (QED) is 0.609. The lowest BCUT2D eigenvalue weighted by molar-refractivity contribution is 0.101. The van der Waals surface area contributed by atoms with Gasteiger partial charge in [-0.2, -0.15) is 0 Å². The Labute approximate surface area is 139 Å². The SMILES string of the molecule is CC(=O)c1ccc(NS(=O)O)c(COc2ccc(F)cc2Cl)c1. The van der Waals surface area contributed by atoms with Crippen molar-refractivity contribution in [2.45, 2.75) is 13.5 Å². The summed E-state index contributed by atoms with van der Waals surface area (Å²) in [5.74, 6) is -0.376. The molecule has 0 heterocycles. The molecule has 2 aromatic rings. The summed E-state index contributed by atoms with van der Waals surface area (Å²) in [4.78, 5) is 11.5. The molecule has 8 heteroatoms. The van der Waals surface area contributed by atoms with Crippen LogP contribution in [0.1, 0.15) is 22.8 Å². The average Bonchev–Trinajstić information content (AvgIpc) is 2.46. The third-order valence-electron chi connectivity index (χ3n) is 2.99. The predicted molar refractivity (Wildman–Crippen MR) is 86.6 cm³/mol. The maximum absolute atomic E-state index is 13.0. The van der Waals surface area contributed by atoms with Crippen molar-refractivity contribution in [1.29, 1.82) is 0 Å². The van der Waals surface area contributed by atoms with Gasteiger partial charge in [-0.15, -0.1) is 0 Å². The molecule has 2 N–H and O–H groups in total. The minimum Gasteiger partial charge on any atom is -0.487 e. The summed E-state index contributed by atoms with van der Waals surface area (Å²) >= 11 is 3.61. The molecule has 0 amide bonds. The first-order valence-corrected chi connectivity index (χ1v) is 7.94. The summed E-state index contributed by atoms with van der Waals surface area (Å²) in [6.07, 6.45) is 0. The van der Waals surface area contributed by atoms with Crippen LogP contribution in [0.25, 0.3) is 0 Å². The van der Waals surface area contributed by atoms with Crippen LogP contribution in [0.2, 0.25) is 5.02 Å². The third kappa shape index (κ3) is 4.75. The number of hydrogen-bond donors (Lipinski definition) is 2. The maximum Gasteiger partial charge on any atom is 0.259 e. The molecule has 0 bridgehead atoms. The van der Waals surface area contributed by atoms with Gasteiger partial charge in [-0.3, -0.25) is 14.1 Å². The first-order chi connectivity index (χ1) is 10.9. The molecule has 122 valence electrons. The Bertz CT molecular complexity index is 769. The summed E-state index contributed by atoms with van der Waals surface area (Å²) in [5, 5.41) is 0.105. The lowest BCUT2D eigenvalue weighted by Gasteiger charge is -2.13. The number of halogens is 2. The molecule has 0 aliphatic rings.